The molecule has 1 aliphatic heterocycles. The Morgan fingerprint density at radius 3 is 2.83 bits per heavy atom. The fraction of sp³-hybridized carbons (Fsp3) is 0.462. The van der Waals surface area contributed by atoms with Crippen molar-refractivity contribution in [2.75, 3.05) is 25.5 Å². The highest BCUT2D eigenvalue weighted by Gasteiger charge is 2.21. The molecule has 0 aliphatic carbocycles. The molecule has 0 radical (unpaired) electrons. The lowest BCUT2D eigenvalue weighted by atomic mass is 10.1. The zero-order chi connectivity index (χ0) is 13.0. The van der Waals surface area contributed by atoms with Crippen molar-refractivity contribution in [3.8, 4) is 5.75 Å². The topological polar surface area (TPSA) is 61.8 Å². The number of rotatable bonds is 2. The molecule has 0 unspecified atom stereocenters. The SMILES string of the molecule is COc1cccc(NC(=O)N2CCC(O)CC2)c1. The molecule has 5 nitrogen and oxygen atoms in total. The second-order valence-electron chi connectivity index (χ2n) is 4.38. The minimum Gasteiger partial charge on any atom is -0.497 e. The van der Waals surface area contributed by atoms with Gasteiger partial charge in [-0.2, -0.15) is 0 Å². The normalized spacial score (nSPS) is 16.4. The summed E-state index contributed by atoms with van der Waals surface area (Å²) in [7, 11) is 1.59. The van der Waals surface area contributed by atoms with Crippen molar-refractivity contribution in [2.45, 2.75) is 18.9 Å². The largest absolute Gasteiger partial charge is 0.497 e. The number of hydrogen-bond acceptors (Lipinski definition) is 3. The minimum atomic E-state index is -0.272. The monoisotopic (exact) mass is 250 g/mol. The quantitative estimate of drug-likeness (QED) is 0.839. The fourth-order valence-electron chi connectivity index (χ4n) is 1.97. The standard InChI is InChI=1S/C13H18N2O3/c1-18-12-4-2-3-10(9-12)14-13(17)15-7-5-11(16)6-8-15/h2-4,9,11,16H,5-8H2,1H3,(H,14,17). The first-order chi connectivity index (χ1) is 8.69. The van der Waals surface area contributed by atoms with E-state index in [1.807, 2.05) is 18.2 Å². The van der Waals surface area contributed by atoms with Gasteiger partial charge in [0, 0.05) is 24.8 Å². The Labute approximate surface area is 106 Å². The van der Waals surface area contributed by atoms with Gasteiger partial charge in [0.1, 0.15) is 5.75 Å². The molecule has 2 N–H and O–H groups in total. The number of nitrogens with zero attached hydrogens (tertiary/aromatic N) is 1. The van der Waals surface area contributed by atoms with Crippen LogP contribution >= 0.6 is 0 Å². The van der Waals surface area contributed by atoms with Crippen molar-refractivity contribution in [1.29, 1.82) is 0 Å². The summed E-state index contributed by atoms with van der Waals surface area (Å²) in [6.45, 7) is 1.19. The van der Waals surface area contributed by atoms with E-state index < -0.39 is 0 Å². The van der Waals surface area contributed by atoms with E-state index in [1.165, 1.54) is 0 Å². The molecule has 1 heterocycles. The Bertz CT molecular complexity index is 414. The number of anilines is 1. The number of nitrogens with one attached hydrogen (secondary N) is 1. The van der Waals surface area contributed by atoms with Crippen LogP contribution in [-0.4, -0.2) is 42.3 Å². The summed E-state index contributed by atoms with van der Waals surface area (Å²) in [5, 5.41) is 12.2. The van der Waals surface area contributed by atoms with Crippen molar-refractivity contribution in [3.05, 3.63) is 24.3 Å². The van der Waals surface area contributed by atoms with Crippen LogP contribution in [-0.2, 0) is 0 Å². The van der Waals surface area contributed by atoms with E-state index in [-0.39, 0.29) is 12.1 Å². The molecule has 1 aromatic carbocycles. The van der Waals surface area contributed by atoms with Gasteiger partial charge < -0.3 is 20.1 Å². The Hall–Kier alpha value is -1.75. The molecule has 1 fully saturated rings. The van der Waals surface area contributed by atoms with Gasteiger partial charge in [0.05, 0.1) is 13.2 Å². The number of likely N-dealkylation sites (tertiary alicyclic amines) is 1. The van der Waals surface area contributed by atoms with Gasteiger partial charge in [0.15, 0.2) is 0 Å². The summed E-state index contributed by atoms with van der Waals surface area (Å²) < 4.78 is 5.10. The van der Waals surface area contributed by atoms with Crippen molar-refractivity contribution >= 4 is 11.7 Å². The van der Waals surface area contributed by atoms with Gasteiger partial charge >= 0.3 is 6.03 Å². The third-order valence-corrected chi connectivity index (χ3v) is 3.07. The van der Waals surface area contributed by atoms with E-state index in [0.717, 1.165) is 0 Å². The number of carbonyl (C=O) groups excluding carboxylic acids is 1. The number of methoxy groups -OCH3 is 1. The molecule has 0 bridgehead atoms. The lowest BCUT2D eigenvalue weighted by Crippen LogP contribution is -2.42. The number of hydrogen-bond donors (Lipinski definition) is 2. The van der Waals surface area contributed by atoms with Crippen LogP contribution in [0.4, 0.5) is 10.5 Å². The van der Waals surface area contributed by atoms with Crippen molar-refractivity contribution < 1.29 is 14.6 Å². The van der Waals surface area contributed by atoms with E-state index in [4.69, 9.17) is 4.74 Å². The highest BCUT2D eigenvalue weighted by atomic mass is 16.5. The number of aliphatic hydroxyl groups is 1. The third-order valence-electron chi connectivity index (χ3n) is 3.07. The van der Waals surface area contributed by atoms with Crippen LogP contribution in [0.25, 0.3) is 0 Å². The van der Waals surface area contributed by atoms with Gasteiger partial charge in [0.2, 0.25) is 0 Å². The van der Waals surface area contributed by atoms with Crippen molar-refractivity contribution in [3.63, 3.8) is 0 Å². The van der Waals surface area contributed by atoms with Crippen LogP contribution in [0.15, 0.2) is 24.3 Å². The second kappa shape index (κ2) is 5.73. The number of carbonyl (C=O) groups is 1. The summed E-state index contributed by atoms with van der Waals surface area (Å²) in [5.41, 5.74) is 0.713. The summed E-state index contributed by atoms with van der Waals surface area (Å²) in [4.78, 5) is 13.7. The molecule has 1 aliphatic rings. The van der Waals surface area contributed by atoms with E-state index in [0.29, 0.717) is 37.4 Å². The Balaban J connectivity index is 1.94. The van der Waals surface area contributed by atoms with E-state index in [2.05, 4.69) is 5.32 Å². The second-order valence-corrected chi connectivity index (χ2v) is 4.38. The van der Waals surface area contributed by atoms with Crippen molar-refractivity contribution in [2.24, 2.45) is 0 Å². The Morgan fingerprint density at radius 2 is 2.17 bits per heavy atom. The number of urea groups is 1. The number of benzene rings is 1. The third kappa shape index (κ3) is 3.13. The van der Waals surface area contributed by atoms with Crippen molar-refractivity contribution in [1.82, 2.24) is 4.90 Å². The van der Waals surface area contributed by atoms with Crippen LogP contribution in [0.3, 0.4) is 0 Å². The molecule has 0 spiro atoms. The van der Waals surface area contributed by atoms with Crippen LogP contribution in [0.2, 0.25) is 0 Å². The van der Waals surface area contributed by atoms with Gasteiger partial charge in [-0.25, -0.2) is 4.79 Å². The maximum absolute atomic E-state index is 12.0. The lowest BCUT2D eigenvalue weighted by molar-refractivity contribution is 0.0972. The number of amides is 2. The Kier molecular flexibility index (Phi) is 4.04. The summed E-state index contributed by atoms with van der Waals surface area (Å²) in [5.74, 6) is 0.710. The average Bonchev–Trinajstić information content (AvgIpc) is 2.39. The molecular weight excluding hydrogens is 232 g/mol. The molecule has 0 saturated carbocycles. The van der Waals surface area contributed by atoms with Gasteiger partial charge in [-0.05, 0) is 25.0 Å². The van der Waals surface area contributed by atoms with Gasteiger partial charge in [-0.15, -0.1) is 0 Å². The maximum Gasteiger partial charge on any atom is 0.321 e. The average molecular weight is 250 g/mol. The Morgan fingerprint density at radius 1 is 1.44 bits per heavy atom. The molecule has 2 rings (SSSR count). The van der Waals surface area contributed by atoms with Crippen LogP contribution in [0.5, 0.6) is 5.75 Å². The first-order valence-corrected chi connectivity index (χ1v) is 6.07. The predicted octanol–water partition coefficient (Wildman–Crippen LogP) is 1.68. The molecule has 1 aromatic rings. The van der Waals surface area contributed by atoms with Crippen LogP contribution in [0, 0.1) is 0 Å². The molecule has 1 saturated heterocycles. The summed E-state index contributed by atoms with van der Waals surface area (Å²) >= 11 is 0. The highest BCUT2D eigenvalue weighted by Crippen LogP contribution is 2.18. The molecular formula is C13H18N2O3. The zero-order valence-corrected chi connectivity index (χ0v) is 10.4. The van der Waals surface area contributed by atoms with Gasteiger partial charge in [-0.3, -0.25) is 0 Å². The van der Waals surface area contributed by atoms with E-state index >= 15 is 0 Å². The van der Waals surface area contributed by atoms with Gasteiger partial charge in [-0.1, -0.05) is 6.07 Å². The first-order valence-electron chi connectivity index (χ1n) is 6.07. The van der Waals surface area contributed by atoms with E-state index in [9.17, 15) is 9.90 Å². The lowest BCUT2D eigenvalue weighted by Gasteiger charge is -2.29. The van der Waals surface area contributed by atoms with Gasteiger partial charge in [0.25, 0.3) is 0 Å². The number of piperidine rings is 1. The molecule has 98 valence electrons. The first kappa shape index (κ1) is 12.7. The predicted molar refractivity (Wildman–Crippen MR) is 68.8 cm³/mol. The van der Waals surface area contributed by atoms with Crippen LogP contribution in [0.1, 0.15) is 12.8 Å². The zero-order valence-electron chi connectivity index (χ0n) is 10.4. The molecule has 0 atom stereocenters. The summed E-state index contributed by atoms with van der Waals surface area (Å²) in [6.07, 6.45) is 1.02. The molecule has 5 heteroatoms. The summed E-state index contributed by atoms with van der Waals surface area (Å²) in [6, 6.07) is 7.12. The molecule has 0 aromatic heterocycles. The minimum absolute atomic E-state index is 0.129. The maximum atomic E-state index is 12.0. The molecule has 18 heavy (non-hydrogen) atoms. The number of ether oxygens (including phenoxy) is 1. The highest BCUT2D eigenvalue weighted by molar-refractivity contribution is 5.89. The molecule has 2 amide bonds. The fourth-order valence-corrected chi connectivity index (χ4v) is 1.97. The van der Waals surface area contributed by atoms with E-state index in [1.54, 1.807) is 18.1 Å². The number of aliphatic hydroxyl groups excluding tert-OH is 1. The smallest absolute Gasteiger partial charge is 0.321 e. The van der Waals surface area contributed by atoms with Crippen LogP contribution < -0.4 is 10.1 Å².